The maximum atomic E-state index is 5.79. The number of hydrogen-bond acceptors (Lipinski definition) is 6. The molecule has 23 heavy (non-hydrogen) atoms. The number of anilines is 2. The van der Waals surface area contributed by atoms with Crippen LogP contribution in [0.4, 0.5) is 11.9 Å². The largest absolute Gasteiger partial charge is 0.494 e. The molecule has 0 fully saturated rings. The molecule has 0 atom stereocenters. The summed E-state index contributed by atoms with van der Waals surface area (Å²) in [6.45, 7) is 4.98. The van der Waals surface area contributed by atoms with Crippen LogP contribution >= 0.6 is 0 Å². The topological polar surface area (TPSA) is 81.2 Å². The lowest BCUT2D eigenvalue weighted by molar-refractivity contribution is 0.313. The Morgan fingerprint density at radius 3 is 2.87 bits per heavy atom. The lowest BCUT2D eigenvalue weighted by atomic mass is 10.2. The molecule has 7 nitrogen and oxygen atoms in total. The molecule has 7 heteroatoms. The summed E-state index contributed by atoms with van der Waals surface area (Å²) >= 11 is 0. The van der Waals surface area contributed by atoms with Gasteiger partial charge < -0.3 is 20.7 Å². The Kier molecular flexibility index (Phi) is 6.22. The average Bonchev–Trinajstić information content (AvgIpc) is 2.87. The third-order valence-electron chi connectivity index (χ3n) is 3.27. The molecule has 0 saturated heterocycles. The van der Waals surface area contributed by atoms with E-state index in [1.807, 2.05) is 19.1 Å². The predicted octanol–water partition coefficient (Wildman–Crippen LogP) is 1.82. The number of benzene rings is 1. The minimum Gasteiger partial charge on any atom is -0.494 e. The fourth-order valence-corrected chi connectivity index (χ4v) is 2.22. The first-order valence-corrected chi connectivity index (χ1v) is 7.89. The van der Waals surface area contributed by atoms with Crippen LogP contribution in [-0.4, -0.2) is 46.9 Å². The molecule has 1 aromatic heterocycles. The van der Waals surface area contributed by atoms with Crippen LogP contribution in [-0.2, 0) is 13.1 Å². The second-order valence-corrected chi connectivity index (χ2v) is 5.62. The molecule has 0 saturated carbocycles. The summed E-state index contributed by atoms with van der Waals surface area (Å²) in [6, 6.07) is 8.20. The van der Waals surface area contributed by atoms with E-state index in [2.05, 4.69) is 46.5 Å². The van der Waals surface area contributed by atoms with Crippen molar-refractivity contribution in [1.82, 2.24) is 19.7 Å². The van der Waals surface area contributed by atoms with E-state index in [1.54, 1.807) is 4.68 Å². The Labute approximate surface area is 137 Å². The van der Waals surface area contributed by atoms with Crippen molar-refractivity contribution < 1.29 is 4.74 Å². The number of aryl methyl sites for hydroxylation is 1. The van der Waals surface area contributed by atoms with Crippen molar-refractivity contribution in [3.05, 3.63) is 29.8 Å². The van der Waals surface area contributed by atoms with Gasteiger partial charge in [-0.3, -0.25) is 0 Å². The lowest BCUT2D eigenvalue weighted by Gasteiger charge is -2.11. The van der Waals surface area contributed by atoms with Crippen LogP contribution in [0.15, 0.2) is 24.3 Å². The molecule has 0 aliphatic carbocycles. The predicted molar refractivity (Wildman–Crippen MR) is 92.5 cm³/mol. The van der Waals surface area contributed by atoms with Crippen LogP contribution in [0.2, 0.25) is 0 Å². The summed E-state index contributed by atoms with van der Waals surface area (Å²) < 4.78 is 7.45. The third-order valence-corrected chi connectivity index (χ3v) is 3.27. The van der Waals surface area contributed by atoms with E-state index in [0.29, 0.717) is 25.0 Å². The number of nitrogens with one attached hydrogen (secondary N) is 1. The minimum absolute atomic E-state index is 0.434. The lowest BCUT2D eigenvalue weighted by Crippen LogP contribution is -2.11. The van der Waals surface area contributed by atoms with Crippen molar-refractivity contribution >= 4 is 11.9 Å². The van der Waals surface area contributed by atoms with Crippen molar-refractivity contribution in [3.8, 4) is 5.75 Å². The van der Waals surface area contributed by atoms with Crippen molar-refractivity contribution in [2.24, 2.45) is 0 Å². The maximum Gasteiger partial charge on any atom is 0.243 e. The van der Waals surface area contributed by atoms with Crippen molar-refractivity contribution in [2.45, 2.75) is 26.4 Å². The summed E-state index contributed by atoms with van der Waals surface area (Å²) in [7, 11) is 4.11. The molecular weight excluding hydrogens is 292 g/mol. The Bertz CT molecular complexity index is 610. The van der Waals surface area contributed by atoms with Crippen LogP contribution < -0.4 is 15.8 Å². The smallest absolute Gasteiger partial charge is 0.243 e. The molecule has 0 amide bonds. The van der Waals surface area contributed by atoms with Crippen LogP contribution in [0.1, 0.15) is 18.9 Å². The zero-order chi connectivity index (χ0) is 16.7. The van der Waals surface area contributed by atoms with Gasteiger partial charge in [0, 0.05) is 19.6 Å². The molecule has 1 heterocycles. The number of rotatable bonds is 9. The Balaban J connectivity index is 1.70. The van der Waals surface area contributed by atoms with Gasteiger partial charge in [0.05, 0.1) is 6.61 Å². The molecule has 3 N–H and O–H groups in total. The van der Waals surface area contributed by atoms with E-state index in [0.717, 1.165) is 25.3 Å². The standard InChI is InChI=1S/C16H26N6O/c1-4-22-15(17)19-16(20-22)18-9-6-10-23-14-8-5-7-13(11-14)12-21(2)3/h5,7-8,11H,4,6,9-10,12H2,1-3H3,(H3,17,18,19,20). The van der Waals surface area contributed by atoms with Crippen LogP contribution in [0.3, 0.4) is 0 Å². The zero-order valence-corrected chi connectivity index (χ0v) is 14.1. The van der Waals surface area contributed by atoms with Gasteiger partial charge in [0.1, 0.15) is 5.75 Å². The normalized spacial score (nSPS) is 11.0. The highest BCUT2D eigenvalue weighted by molar-refractivity contribution is 5.31. The van der Waals surface area contributed by atoms with Gasteiger partial charge in [-0.15, -0.1) is 5.10 Å². The summed E-state index contributed by atoms with van der Waals surface area (Å²) in [5.41, 5.74) is 6.97. The Hall–Kier alpha value is -2.28. The highest BCUT2D eigenvalue weighted by Crippen LogP contribution is 2.14. The van der Waals surface area contributed by atoms with Gasteiger partial charge in [-0.25, -0.2) is 4.68 Å². The van der Waals surface area contributed by atoms with E-state index in [4.69, 9.17) is 10.5 Å². The highest BCUT2D eigenvalue weighted by Gasteiger charge is 2.04. The van der Waals surface area contributed by atoms with E-state index in [-0.39, 0.29) is 0 Å². The van der Waals surface area contributed by atoms with Gasteiger partial charge in [-0.05, 0) is 45.1 Å². The maximum absolute atomic E-state index is 5.79. The first kappa shape index (κ1) is 17.1. The average molecular weight is 318 g/mol. The van der Waals surface area contributed by atoms with E-state index < -0.39 is 0 Å². The zero-order valence-electron chi connectivity index (χ0n) is 14.1. The van der Waals surface area contributed by atoms with Crippen LogP contribution in [0, 0.1) is 0 Å². The number of ether oxygens (including phenoxy) is 1. The molecule has 0 spiro atoms. The van der Waals surface area contributed by atoms with E-state index in [1.165, 1.54) is 5.56 Å². The molecule has 0 aliphatic rings. The number of nitrogens with two attached hydrogens (primary N) is 1. The Morgan fingerprint density at radius 2 is 2.17 bits per heavy atom. The van der Waals surface area contributed by atoms with E-state index in [9.17, 15) is 0 Å². The van der Waals surface area contributed by atoms with Crippen molar-refractivity contribution in [2.75, 3.05) is 38.3 Å². The number of aromatic nitrogens is 3. The molecule has 2 aromatic rings. The molecule has 0 bridgehead atoms. The fourth-order valence-electron chi connectivity index (χ4n) is 2.22. The summed E-state index contributed by atoms with van der Waals surface area (Å²) in [5, 5.41) is 7.40. The quantitative estimate of drug-likeness (QED) is 0.687. The molecule has 0 radical (unpaired) electrons. The molecular formula is C16H26N6O. The number of nitrogen functional groups attached to an aromatic ring is 1. The molecule has 0 aliphatic heterocycles. The molecule has 126 valence electrons. The second kappa shape index (κ2) is 8.38. The van der Waals surface area contributed by atoms with Crippen molar-refractivity contribution in [3.63, 3.8) is 0 Å². The molecule has 0 unspecified atom stereocenters. The summed E-state index contributed by atoms with van der Waals surface area (Å²) in [5.74, 6) is 1.91. The van der Waals surface area contributed by atoms with Gasteiger partial charge in [-0.1, -0.05) is 12.1 Å². The molecule has 2 rings (SSSR count). The number of nitrogens with zero attached hydrogens (tertiary/aromatic N) is 4. The summed E-state index contributed by atoms with van der Waals surface area (Å²) in [6.07, 6.45) is 0.860. The van der Waals surface area contributed by atoms with Crippen LogP contribution in [0.5, 0.6) is 5.75 Å². The van der Waals surface area contributed by atoms with Gasteiger partial charge >= 0.3 is 0 Å². The van der Waals surface area contributed by atoms with Gasteiger partial charge in [0.25, 0.3) is 0 Å². The third kappa shape index (κ3) is 5.45. The SMILES string of the molecule is CCn1nc(NCCCOc2cccc(CN(C)C)c2)nc1N. The first-order valence-electron chi connectivity index (χ1n) is 7.89. The Morgan fingerprint density at radius 1 is 1.35 bits per heavy atom. The monoisotopic (exact) mass is 318 g/mol. The van der Waals surface area contributed by atoms with Gasteiger partial charge in [0.15, 0.2) is 0 Å². The van der Waals surface area contributed by atoms with Gasteiger partial charge in [0.2, 0.25) is 11.9 Å². The van der Waals surface area contributed by atoms with Gasteiger partial charge in [-0.2, -0.15) is 4.98 Å². The number of hydrogen-bond donors (Lipinski definition) is 2. The summed E-state index contributed by atoms with van der Waals surface area (Å²) in [4.78, 5) is 6.29. The molecule has 1 aromatic carbocycles. The van der Waals surface area contributed by atoms with E-state index >= 15 is 0 Å². The van der Waals surface area contributed by atoms with Crippen LogP contribution in [0.25, 0.3) is 0 Å². The fraction of sp³-hybridized carbons (Fsp3) is 0.500. The minimum atomic E-state index is 0.434. The van der Waals surface area contributed by atoms with Crippen molar-refractivity contribution in [1.29, 1.82) is 0 Å². The highest BCUT2D eigenvalue weighted by atomic mass is 16.5. The first-order chi connectivity index (χ1) is 11.1. The second-order valence-electron chi connectivity index (χ2n) is 5.62.